The average Bonchev–Trinajstić information content (AvgIpc) is 3.08. The zero-order valence-electron chi connectivity index (χ0n) is 17.1. The fourth-order valence-electron chi connectivity index (χ4n) is 3.79. The van der Waals surface area contributed by atoms with Crippen LogP contribution in [0.15, 0.2) is 36.4 Å². The van der Waals surface area contributed by atoms with Gasteiger partial charge in [0.05, 0.1) is 5.92 Å². The molecule has 2 heterocycles. The first-order valence-corrected chi connectivity index (χ1v) is 10.2. The fourth-order valence-corrected chi connectivity index (χ4v) is 3.79. The van der Waals surface area contributed by atoms with Gasteiger partial charge in [-0.05, 0) is 19.7 Å². The maximum atomic E-state index is 12.8. The highest BCUT2D eigenvalue weighted by molar-refractivity contribution is 5.89. The number of likely N-dealkylation sites (N-methyl/N-ethyl adjacent to an activating group) is 1. The molecule has 2 fully saturated rings. The zero-order valence-corrected chi connectivity index (χ0v) is 17.1. The van der Waals surface area contributed by atoms with Gasteiger partial charge in [-0.3, -0.25) is 14.5 Å². The van der Waals surface area contributed by atoms with E-state index in [2.05, 4.69) is 34.1 Å². The van der Waals surface area contributed by atoms with Crippen molar-refractivity contribution in [1.29, 1.82) is 0 Å². The van der Waals surface area contributed by atoms with E-state index in [0.29, 0.717) is 19.5 Å². The molecule has 2 amide bonds. The highest BCUT2D eigenvalue weighted by atomic mass is 16.2. The number of carbonyl (C=O) groups is 2. The van der Waals surface area contributed by atoms with E-state index in [1.165, 1.54) is 5.56 Å². The van der Waals surface area contributed by atoms with Crippen molar-refractivity contribution in [1.82, 2.24) is 19.6 Å². The molecule has 0 radical (unpaired) electrons. The molecule has 0 aromatic heterocycles. The van der Waals surface area contributed by atoms with Crippen molar-refractivity contribution < 1.29 is 9.59 Å². The summed E-state index contributed by atoms with van der Waals surface area (Å²) >= 11 is 0. The molecule has 2 aliphatic rings. The Morgan fingerprint density at radius 2 is 1.86 bits per heavy atom. The van der Waals surface area contributed by atoms with Crippen molar-refractivity contribution in [3.05, 3.63) is 42.0 Å². The largest absolute Gasteiger partial charge is 0.341 e. The molecule has 28 heavy (non-hydrogen) atoms. The van der Waals surface area contributed by atoms with Crippen LogP contribution in [0.2, 0.25) is 0 Å². The van der Waals surface area contributed by atoms with Gasteiger partial charge in [-0.15, -0.1) is 0 Å². The third-order valence-electron chi connectivity index (χ3n) is 5.54. The van der Waals surface area contributed by atoms with Gasteiger partial charge < -0.3 is 14.7 Å². The fraction of sp³-hybridized carbons (Fsp3) is 0.545. The molecule has 6 heteroatoms. The van der Waals surface area contributed by atoms with Crippen LogP contribution in [-0.2, 0) is 9.59 Å². The highest BCUT2D eigenvalue weighted by Gasteiger charge is 2.36. The van der Waals surface area contributed by atoms with Gasteiger partial charge in [0.25, 0.3) is 0 Å². The Bertz CT molecular complexity index is 681. The highest BCUT2D eigenvalue weighted by Crippen LogP contribution is 2.21. The molecular weight excluding hydrogens is 352 g/mol. The van der Waals surface area contributed by atoms with Crippen molar-refractivity contribution >= 4 is 17.9 Å². The molecule has 0 N–H and O–H groups in total. The van der Waals surface area contributed by atoms with Gasteiger partial charge in [-0.25, -0.2) is 0 Å². The summed E-state index contributed by atoms with van der Waals surface area (Å²) in [5.41, 5.74) is 1.21. The van der Waals surface area contributed by atoms with Crippen LogP contribution < -0.4 is 0 Å². The van der Waals surface area contributed by atoms with Crippen molar-refractivity contribution in [3.8, 4) is 0 Å². The Balaban J connectivity index is 1.41. The predicted octanol–water partition coefficient (Wildman–Crippen LogP) is 1.25. The topological polar surface area (TPSA) is 47.1 Å². The van der Waals surface area contributed by atoms with Gasteiger partial charge in [0.15, 0.2) is 0 Å². The van der Waals surface area contributed by atoms with Crippen LogP contribution in [0.3, 0.4) is 0 Å². The van der Waals surface area contributed by atoms with E-state index in [0.717, 1.165) is 39.3 Å². The van der Waals surface area contributed by atoms with Gasteiger partial charge >= 0.3 is 0 Å². The molecule has 6 nitrogen and oxygen atoms in total. The number of amides is 2. The molecule has 1 aromatic carbocycles. The molecule has 1 unspecified atom stereocenters. The van der Waals surface area contributed by atoms with Crippen LogP contribution in [0.5, 0.6) is 0 Å². The lowest BCUT2D eigenvalue weighted by Crippen LogP contribution is -2.50. The summed E-state index contributed by atoms with van der Waals surface area (Å²) < 4.78 is 0. The monoisotopic (exact) mass is 384 g/mol. The zero-order chi connectivity index (χ0) is 19.9. The number of hydrogen-bond donors (Lipinski definition) is 0. The molecule has 2 aliphatic heterocycles. The molecule has 0 bridgehead atoms. The Morgan fingerprint density at radius 3 is 2.54 bits per heavy atom. The second-order valence-corrected chi connectivity index (χ2v) is 7.98. The van der Waals surface area contributed by atoms with Crippen molar-refractivity contribution in [3.63, 3.8) is 0 Å². The number of benzene rings is 1. The second kappa shape index (κ2) is 9.85. The smallest absolute Gasteiger partial charge is 0.228 e. The van der Waals surface area contributed by atoms with Crippen molar-refractivity contribution in [2.24, 2.45) is 5.92 Å². The first-order valence-electron chi connectivity index (χ1n) is 10.2. The summed E-state index contributed by atoms with van der Waals surface area (Å²) in [6.45, 7) is 6.29. The molecule has 2 saturated heterocycles. The van der Waals surface area contributed by atoms with E-state index in [1.54, 1.807) is 0 Å². The van der Waals surface area contributed by atoms with Crippen molar-refractivity contribution in [2.45, 2.75) is 6.42 Å². The van der Waals surface area contributed by atoms with Crippen LogP contribution in [0.25, 0.3) is 6.08 Å². The second-order valence-electron chi connectivity index (χ2n) is 7.98. The average molecular weight is 385 g/mol. The Morgan fingerprint density at radius 1 is 1.14 bits per heavy atom. The summed E-state index contributed by atoms with van der Waals surface area (Å²) in [6.07, 6.45) is 4.70. The minimum atomic E-state index is -0.167. The number of rotatable bonds is 7. The Kier molecular flexibility index (Phi) is 7.23. The van der Waals surface area contributed by atoms with Crippen LogP contribution in [0, 0.1) is 5.92 Å². The van der Waals surface area contributed by atoms with Gasteiger partial charge in [0.2, 0.25) is 11.8 Å². The maximum Gasteiger partial charge on any atom is 0.228 e. The maximum absolute atomic E-state index is 12.8. The summed E-state index contributed by atoms with van der Waals surface area (Å²) in [4.78, 5) is 33.3. The predicted molar refractivity (Wildman–Crippen MR) is 112 cm³/mol. The quantitative estimate of drug-likeness (QED) is 0.710. The molecule has 152 valence electrons. The van der Waals surface area contributed by atoms with E-state index < -0.39 is 0 Å². The van der Waals surface area contributed by atoms with Crippen LogP contribution >= 0.6 is 0 Å². The molecule has 1 aromatic rings. The van der Waals surface area contributed by atoms with Gasteiger partial charge in [-0.1, -0.05) is 42.5 Å². The minimum Gasteiger partial charge on any atom is -0.341 e. The molecule has 1 atom stereocenters. The van der Waals surface area contributed by atoms with E-state index >= 15 is 0 Å². The summed E-state index contributed by atoms with van der Waals surface area (Å²) in [6, 6.07) is 10.3. The lowest BCUT2D eigenvalue weighted by molar-refractivity contribution is -0.137. The summed E-state index contributed by atoms with van der Waals surface area (Å²) in [5, 5.41) is 0. The first kappa shape index (κ1) is 20.6. The lowest BCUT2D eigenvalue weighted by Gasteiger charge is -2.35. The molecular formula is C22H32N4O2. The Hall–Kier alpha value is -2.18. The van der Waals surface area contributed by atoms with E-state index in [4.69, 9.17) is 0 Å². The van der Waals surface area contributed by atoms with Crippen LogP contribution in [-0.4, -0.2) is 97.9 Å². The molecule has 0 spiro atoms. The Labute approximate surface area is 168 Å². The van der Waals surface area contributed by atoms with Crippen LogP contribution in [0.4, 0.5) is 0 Å². The number of piperazine rings is 1. The lowest BCUT2D eigenvalue weighted by atomic mass is 10.1. The van der Waals surface area contributed by atoms with Crippen LogP contribution in [0.1, 0.15) is 12.0 Å². The molecule has 3 rings (SSSR count). The number of likely N-dealkylation sites (tertiary alicyclic amines) is 1. The summed E-state index contributed by atoms with van der Waals surface area (Å²) in [5.74, 6) is 0.101. The number of carbonyl (C=O) groups excluding carboxylic acids is 2. The van der Waals surface area contributed by atoms with Gasteiger partial charge in [0, 0.05) is 58.8 Å². The normalized spacial score (nSPS) is 21.2. The SMILES string of the molecule is CN(C)CCN1CC(C(=O)N2CCN(C/C=C/c3ccccc3)CC2)CC1=O. The molecule has 0 saturated carbocycles. The standard InChI is InChI=1S/C22H32N4O2/c1-23(2)11-14-26-18-20(17-21(26)27)22(28)25-15-12-24(13-16-25)10-6-9-19-7-4-3-5-8-19/h3-9,20H,10-18H2,1-2H3/b9-6+. The van der Waals surface area contributed by atoms with E-state index in [9.17, 15) is 9.59 Å². The van der Waals surface area contributed by atoms with Crippen molar-refractivity contribution in [2.75, 3.05) is 66.5 Å². The third kappa shape index (κ3) is 5.66. The number of hydrogen-bond acceptors (Lipinski definition) is 4. The first-order chi connectivity index (χ1) is 13.5. The summed E-state index contributed by atoms with van der Waals surface area (Å²) in [7, 11) is 4.00. The number of nitrogens with zero attached hydrogens (tertiary/aromatic N) is 4. The van der Waals surface area contributed by atoms with E-state index in [1.807, 2.05) is 42.1 Å². The third-order valence-corrected chi connectivity index (χ3v) is 5.54. The van der Waals surface area contributed by atoms with Gasteiger partial charge in [-0.2, -0.15) is 0 Å². The van der Waals surface area contributed by atoms with Gasteiger partial charge in [0.1, 0.15) is 0 Å². The minimum absolute atomic E-state index is 0.116. The molecule has 0 aliphatic carbocycles. The van der Waals surface area contributed by atoms with E-state index in [-0.39, 0.29) is 17.7 Å².